The van der Waals surface area contributed by atoms with E-state index in [0.29, 0.717) is 0 Å². The zero-order valence-corrected chi connectivity index (χ0v) is 7.62. The molecule has 0 saturated heterocycles. The molecule has 1 aromatic rings. The van der Waals surface area contributed by atoms with Crippen molar-refractivity contribution >= 4 is 11.6 Å². The van der Waals surface area contributed by atoms with Gasteiger partial charge in [-0.3, -0.25) is 0 Å². The zero-order chi connectivity index (χ0) is 9.35. The summed E-state index contributed by atoms with van der Waals surface area (Å²) in [5.74, 6) is -2.86. The van der Waals surface area contributed by atoms with E-state index in [1.165, 1.54) is 12.1 Å². The normalized spacial score (nSPS) is 11.8. The smallest absolute Gasteiger partial charge is 0.202 e. The van der Waals surface area contributed by atoms with E-state index in [4.69, 9.17) is 11.6 Å². The summed E-state index contributed by atoms with van der Waals surface area (Å²) in [5.41, 5.74) is 0.681. The molecule has 0 aliphatic rings. The van der Waals surface area contributed by atoms with E-state index in [9.17, 15) is 8.78 Å². The van der Waals surface area contributed by atoms with Gasteiger partial charge in [-0.15, -0.1) is 0 Å². The van der Waals surface area contributed by atoms with E-state index in [-0.39, 0.29) is 10.6 Å². The van der Waals surface area contributed by atoms with E-state index in [1.807, 2.05) is 0 Å². The summed E-state index contributed by atoms with van der Waals surface area (Å²) in [5, 5.41) is 0.119. The molecule has 0 saturated carbocycles. The SMILES string of the molecule is Cc1ccc(Cl)c(C(C)(F)F)c1. The Balaban J connectivity index is 3.23. The van der Waals surface area contributed by atoms with Crippen LogP contribution in [0.5, 0.6) is 0 Å². The lowest BCUT2D eigenvalue weighted by atomic mass is 10.1. The van der Waals surface area contributed by atoms with Crippen LogP contribution >= 0.6 is 11.6 Å². The van der Waals surface area contributed by atoms with Crippen molar-refractivity contribution in [2.24, 2.45) is 0 Å². The van der Waals surface area contributed by atoms with Crippen LogP contribution in [-0.2, 0) is 5.92 Å². The number of benzene rings is 1. The van der Waals surface area contributed by atoms with Gasteiger partial charge in [0.1, 0.15) is 0 Å². The van der Waals surface area contributed by atoms with Crippen molar-refractivity contribution in [3.63, 3.8) is 0 Å². The van der Waals surface area contributed by atoms with Gasteiger partial charge in [0.05, 0.1) is 0 Å². The van der Waals surface area contributed by atoms with E-state index < -0.39 is 5.92 Å². The minimum atomic E-state index is -2.86. The van der Waals surface area contributed by atoms with Gasteiger partial charge in [0.2, 0.25) is 0 Å². The molecule has 0 bridgehead atoms. The Morgan fingerprint density at radius 3 is 2.33 bits per heavy atom. The average Bonchev–Trinajstić information content (AvgIpc) is 1.92. The second-order valence-electron chi connectivity index (χ2n) is 2.87. The van der Waals surface area contributed by atoms with Gasteiger partial charge < -0.3 is 0 Å². The molecular weight excluding hydrogens is 182 g/mol. The van der Waals surface area contributed by atoms with Gasteiger partial charge in [-0.05, 0) is 19.1 Å². The number of halogens is 3. The molecule has 0 aromatic heterocycles. The number of rotatable bonds is 1. The largest absolute Gasteiger partial charge is 0.271 e. The van der Waals surface area contributed by atoms with Crippen LogP contribution in [0.1, 0.15) is 18.1 Å². The molecule has 0 fully saturated rings. The fourth-order valence-corrected chi connectivity index (χ4v) is 1.26. The lowest BCUT2D eigenvalue weighted by Gasteiger charge is -2.12. The first-order valence-corrected chi connectivity index (χ1v) is 3.93. The lowest BCUT2D eigenvalue weighted by Crippen LogP contribution is -2.07. The molecule has 1 aromatic carbocycles. The maximum absolute atomic E-state index is 12.8. The number of alkyl halides is 2. The molecule has 66 valence electrons. The highest BCUT2D eigenvalue weighted by Gasteiger charge is 2.26. The van der Waals surface area contributed by atoms with Crippen molar-refractivity contribution in [2.75, 3.05) is 0 Å². The van der Waals surface area contributed by atoms with Crippen molar-refractivity contribution in [3.8, 4) is 0 Å². The molecule has 0 heterocycles. The van der Waals surface area contributed by atoms with Crippen molar-refractivity contribution in [1.29, 1.82) is 0 Å². The van der Waals surface area contributed by atoms with Crippen LogP contribution in [-0.4, -0.2) is 0 Å². The monoisotopic (exact) mass is 190 g/mol. The van der Waals surface area contributed by atoms with Gasteiger partial charge in [-0.1, -0.05) is 23.2 Å². The highest BCUT2D eigenvalue weighted by Crippen LogP contribution is 2.33. The first kappa shape index (κ1) is 9.46. The molecule has 0 atom stereocenters. The molecule has 3 heteroatoms. The zero-order valence-electron chi connectivity index (χ0n) is 6.87. The maximum Gasteiger partial charge on any atom is 0.271 e. The quantitative estimate of drug-likeness (QED) is 0.633. The van der Waals surface area contributed by atoms with Gasteiger partial charge in [-0.2, -0.15) is 0 Å². The first-order valence-electron chi connectivity index (χ1n) is 3.55. The third-order valence-electron chi connectivity index (χ3n) is 1.59. The van der Waals surface area contributed by atoms with E-state index in [2.05, 4.69) is 0 Å². The topological polar surface area (TPSA) is 0 Å². The molecule has 12 heavy (non-hydrogen) atoms. The molecule has 0 nitrogen and oxygen atoms in total. The van der Waals surface area contributed by atoms with Crippen LogP contribution in [0, 0.1) is 6.92 Å². The van der Waals surface area contributed by atoms with Gasteiger partial charge in [0, 0.05) is 17.5 Å². The number of hydrogen-bond donors (Lipinski definition) is 0. The Kier molecular flexibility index (Phi) is 2.38. The number of aryl methyl sites for hydroxylation is 1. The van der Waals surface area contributed by atoms with Gasteiger partial charge in [-0.25, -0.2) is 8.78 Å². The summed E-state index contributed by atoms with van der Waals surface area (Å²) >= 11 is 5.60. The Morgan fingerprint density at radius 2 is 1.92 bits per heavy atom. The molecular formula is C9H9ClF2. The van der Waals surface area contributed by atoms with Crippen LogP contribution in [0.4, 0.5) is 8.78 Å². The minimum absolute atomic E-state index is 0.107. The molecule has 1 rings (SSSR count). The Hall–Kier alpha value is -0.630. The van der Waals surface area contributed by atoms with Gasteiger partial charge in [0.25, 0.3) is 5.92 Å². The van der Waals surface area contributed by atoms with Crippen molar-refractivity contribution in [3.05, 3.63) is 34.3 Å². The van der Waals surface area contributed by atoms with Crippen LogP contribution in [0.2, 0.25) is 5.02 Å². The fourth-order valence-electron chi connectivity index (χ4n) is 0.976. The second-order valence-corrected chi connectivity index (χ2v) is 3.28. The molecule has 0 spiro atoms. The summed E-state index contributed by atoms with van der Waals surface area (Å²) in [6.45, 7) is 2.60. The molecule has 0 aliphatic heterocycles. The van der Waals surface area contributed by atoms with Crippen LogP contribution < -0.4 is 0 Å². The van der Waals surface area contributed by atoms with Crippen molar-refractivity contribution in [1.82, 2.24) is 0 Å². The van der Waals surface area contributed by atoms with E-state index in [0.717, 1.165) is 12.5 Å². The molecule has 0 aliphatic carbocycles. The Bertz CT molecular complexity index is 289. The predicted octanol–water partition coefficient (Wildman–Crippen LogP) is 3.76. The third-order valence-corrected chi connectivity index (χ3v) is 1.92. The van der Waals surface area contributed by atoms with Gasteiger partial charge >= 0.3 is 0 Å². The van der Waals surface area contributed by atoms with Crippen LogP contribution in [0.25, 0.3) is 0 Å². The summed E-state index contributed by atoms with van der Waals surface area (Å²) < 4.78 is 25.6. The first-order chi connectivity index (χ1) is 5.41. The molecule has 0 radical (unpaired) electrons. The minimum Gasteiger partial charge on any atom is -0.202 e. The Labute approximate surface area is 75.2 Å². The molecule has 0 amide bonds. The van der Waals surface area contributed by atoms with E-state index >= 15 is 0 Å². The third kappa shape index (κ3) is 1.95. The number of hydrogen-bond acceptors (Lipinski definition) is 0. The average molecular weight is 191 g/mol. The van der Waals surface area contributed by atoms with Crippen molar-refractivity contribution < 1.29 is 8.78 Å². The fraction of sp³-hybridized carbons (Fsp3) is 0.333. The van der Waals surface area contributed by atoms with Crippen molar-refractivity contribution in [2.45, 2.75) is 19.8 Å². The Morgan fingerprint density at radius 1 is 1.33 bits per heavy atom. The second kappa shape index (κ2) is 3.02. The van der Waals surface area contributed by atoms with E-state index in [1.54, 1.807) is 13.0 Å². The predicted molar refractivity (Wildman–Crippen MR) is 45.8 cm³/mol. The highest BCUT2D eigenvalue weighted by molar-refractivity contribution is 6.31. The highest BCUT2D eigenvalue weighted by atomic mass is 35.5. The van der Waals surface area contributed by atoms with Crippen LogP contribution in [0.3, 0.4) is 0 Å². The summed E-state index contributed by atoms with van der Waals surface area (Å²) in [6, 6.07) is 4.60. The van der Waals surface area contributed by atoms with Crippen LogP contribution in [0.15, 0.2) is 18.2 Å². The molecule has 0 unspecified atom stereocenters. The summed E-state index contributed by atoms with van der Waals surface area (Å²) in [6.07, 6.45) is 0. The lowest BCUT2D eigenvalue weighted by molar-refractivity contribution is 0.0175. The standard InChI is InChI=1S/C9H9ClF2/c1-6-3-4-8(10)7(5-6)9(2,11)12/h3-5H,1-2H3. The van der Waals surface area contributed by atoms with Gasteiger partial charge in [0.15, 0.2) is 0 Å². The summed E-state index contributed by atoms with van der Waals surface area (Å²) in [4.78, 5) is 0. The molecule has 0 N–H and O–H groups in total. The maximum atomic E-state index is 12.8. The summed E-state index contributed by atoms with van der Waals surface area (Å²) in [7, 11) is 0.